The minimum atomic E-state index is -3.52. The van der Waals surface area contributed by atoms with Crippen molar-refractivity contribution in [2.24, 2.45) is 5.92 Å². The van der Waals surface area contributed by atoms with Crippen LogP contribution in [-0.4, -0.2) is 67.8 Å². The van der Waals surface area contributed by atoms with Crippen LogP contribution in [0.4, 0.5) is 5.13 Å². The Bertz CT molecular complexity index is 1020. The molecule has 2 saturated heterocycles. The Morgan fingerprint density at radius 2 is 1.81 bits per heavy atom. The van der Waals surface area contributed by atoms with Gasteiger partial charge in [-0.1, -0.05) is 6.07 Å². The summed E-state index contributed by atoms with van der Waals surface area (Å²) >= 11 is 1.63. The maximum Gasteiger partial charge on any atom is 0.243 e. The molecule has 0 spiro atoms. The summed E-state index contributed by atoms with van der Waals surface area (Å²) in [6.45, 7) is 7.83. The Labute approximate surface area is 188 Å². The van der Waals surface area contributed by atoms with Crippen LogP contribution in [0.1, 0.15) is 30.4 Å². The molecule has 7 nitrogen and oxygen atoms in total. The van der Waals surface area contributed by atoms with Crippen molar-refractivity contribution in [1.82, 2.24) is 14.2 Å². The molecule has 0 N–H and O–H groups in total. The first-order valence-corrected chi connectivity index (χ1v) is 13.2. The van der Waals surface area contributed by atoms with E-state index in [4.69, 9.17) is 0 Å². The zero-order chi connectivity index (χ0) is 22.0. The van der Waals surface area contributed by atoms with E-state index in [0.717, 1.165) is 42.3 Å². The van der Waals surface area contributed by atoms with Crippen molar-refractivity contribution in [2.45, 2.75) is 38.0 Å². The normalized spacial score (nSPS) is 19.4. The molecule has 1 amide bonds. The molecule has 4 rings (SSSR count). The van der Waals surface area contributed by atoms with Crippen molar-refractivity contribution < 1.29 is 13.2 Å². The maximum atomic E-state index is 13.1. The predicted molar refractivity (Wildman–Crippen MR) is 123 cm³/mol. The van der Waals surface area contributed by atoms with Crippen molar-refractivity contribution in [2.75, 3.05) is 44.2 Å². The van der Waals surface area contributed by atoms with Gasteiger partial charge < -0.3 is 9.80 Å². The average molecular weight is 463 g/mol. The number of carbonyl (C=O) groups is 1. The van der Waals surface area contributed by atoms with Gasteiger partial charge in [-0.25, -0.2) is 13.4 Å². The Morgan fingerprint density at radius 1 is 1.03 bits per heavy atom. The van der Waals surface area contributed by atoms with Crippen LogP contribution in [0.25, 0.3) is 0 Å². The van der Waals surface area contributed by atoms with Gasteiger partial charge in [0.25, 0.3) is 0 Å². The Balaban J connectivity index is 1.35. The number of hydrogen-bond donors (Lipinski definition) is 0. The molecular weight excluding hydrogens is 432 g/mol. The number of nitrogens with zero attached hydrogens (tertiary/aromatic N) is 4. The van der Waals surface area contributed by atoms with Gasteiger partial charge in [0.1, 0.15) is 0 Å². The lowest BCUT2D eigenvalue weighted by Crippen LogP contribution is -2.45. The SMILES string of the molecule is Cc1ccc(S(=O)(=O)N2CCC(C(=O)N3CCCN(c4nccs4)CC3)CC2)cc1C. The van der Waals surface area contributed by atoms with Crippen LogP contribution < -0.4 is 4.90 Å². The van der Waals surface area contributed by atoms with Crippen LogP contribution in [0.5, 0.6) is 0 Å². The smallest absolute Gasteiger partial charge is 0.243 e. The van der Waals surface area contributed by atoms with Crippen molar-refractivity contribution in [1.29, 1.82) is 0 Å². The fourth-order valence-electron chi connectivity index (χ4n) is 4.33. The zero-order valence-corrected chi connectivity index (χ0v) is 19.8. The first-order valence-electron chi connectivity index (χ1n) is 10.9. The third-order valence-electron chi connectivity index (χ3n) is 6.42. The van der Waals surface area contributed by atoms with Gasteiger partial charge in [0.2, 0.25) is 15.9 Å². The van der Waals surface area contributed by atoms with E-state index in [1.54, 1.807) is 23.5 Å². The second-order valence-corrected chi connectivity index (χ2v) is 11.2. The van der Waals surface area contributed by atoms with Crippen molar-refractivity contribution in [3.63, 3.8) is 0 Å². The number of aryl methyl sites for hydroxylation is 2. The molecular formula is C22H30N4O3S2. The van der Waals surface area contributed by atoms with E-state index >= 15 is 0 Å². The summed E-state index contributed by atoms with van der Waals surface area (Å²) in [4.78, 5) is 22.1. The molecule has 0 atom stereocenters. The van der Waals surface area contributed by atoms with Crippen LogP contribution >= 0.6 is 11.3 Å². The van der Waals surface area contributed by atoms with Crippen LogP contribution in [0.15, 0.2) is 34.7 Å². The summed E-state index contributed by atoms with van der Waals surface area (Å²) in [5.41, 5.74) is 2.05. The number of amides is 1. The van der Waals surface area contributed by atoms with E-state index in [0.29, 0.717) is 37.4 Å². The molecule has 0 bridgehead atoms. The van der Waals surface area contributed by atoms with Crippen LogP contribution in [0.3, 0.4) is 0 Å². The molecule has 0 radical (unpaired) electrons. The van der Waals surface area contributed by atoms with Gasteiger partial charge in [0.15, 0.2) is 5.13 Å². The number of carbonyl (C=O) groups excluding carboxylic acids is 1. The Kier molecular flexibility index (Phi) is 6.64. The second kappa shape index (κ2) is 9.26. The molecule has 3 heterocycles. The predicted octanol–water partition coefficient (Wildman–Crippen LogP) is 2.90. The average Bonchev–Trinajstić information content (AvgIpc) is 3.20. The number of sulfonamides is 1. The summed E-state index contributed by atoms with van der Waals surface area (Å²) < 4.78 is 27.6. The Morgan fingerprint density at radius 3 is 2.48 bits per heavy atom. The molecule has 2 aliphatic heterocycles. The molecule has 1 aromatic carbocycles. The maximum absolute atomic E-state index is 13.1. The summed E-state index contributed by atoms with van der Waals surface area (Å²) in [5.74, 6) is 0.0711. The number of thiazole rings is 1. The van der Waals surface area contributed by atoms with E-state index in [9.17, 15) is 13.2 Å². The summed E-state index contributed by atoms with van der Waals surface area (Å²) in [7, 11) is -3.52. The zero-order valence-electron chi connectivity index (χ0n) is 18.2. The quantitative estimate of drug-likeness (QED) is 0.699. The van der Waals surface area contributed by atoms with Gasteiger partial charge in [0, 0.05) is 56.8 Å². The van der Waals surface area contributed by atoms with Gasteiger partial charge in [-0.05, 0) is 56.4 Å². The largest absolute Gasteiger partial charge is 0.346 e. The Hall–Kier alpha value is -1.97. The van der Waals surface area contributed by atoms with E-state index in [1.807, 2.05) is 36.4 Å². The molecule has 9 heteroatoms. The first kappa shape index (κ1) is 22.2. The number of anilines is 1. The van der Waals surface area contributed by atoms with Gasteiger partial charge in [-0.3, -0.25) is 4.79 Å². The highest BCUT2D eigenvalue weighted by Crippen LogP contribution is 2.27. The summed E-state index contributed by atoms with van der Waals surface area (Å²) in [6, 6.07) is 5.28. The van der Waals surface area contributed by atoms with Crippen LogP contribution in [0.2, 0.25) is 0 Å². The van der Waals surface area contributed by atoms with Crippen molar-refractivity contribution in [3.05, 3.63) is 40.9 Å². The van der Waals surface area contributed by atoms with Gasteiger partial charge in [-0.2, -0.15) is 4.31 Å². The molecule has 2 aliphatic rings. The number of piperidine rings is 1. The van der Waals surface area contributed by atoms with Crippen molar-refractivity contribution >= 4 is 32.4 Å². The molecule has 0 unspecified atom stereocenters. The molecule has 31 heavy (non-hydrogen) atoms. The lowest BCUT2D eigenvalue weighted by molar-refractivity contribution is -0.136. The fraction of sp³-hybridized carbons (Fsp3) is 0.545. The van der Waals surface area contributed by atoms with Gasteiger partial charge in [0.05, 0.1) is 4.90 Å². The standard InChI is InChI=1S/C22H30N4O3S2/c1-17-4-5-20(16-18(17)2)31(28,29)26-11-6-19(7-12-26)21(27)24-9-3-10-25(14-13-24)22-23-8-15-30-22/h4-5,8,15-16,19H,3,6-7,9-14H2,1-2H3. The third kappa shape index (κ3) is 4.78. The highest BCUT2D eigenvalue weighted by molar-refractivity contribution is 7.89. The summed E-state index contributed by atoms with van der Waals surface area (Å²) in [6.07, 6.45) is 3.89. The van der Waals surface area contributed by atoms with E-state index in [-0.39, 0.29) is 11.8 Å². The fourth-order valence-corrected chi connectivity index (χ4v) is 6.58. The number of rotatable bonds is 4. The van der Waals surface area contributed by atoms with E-state index in [2.05, 4.69) is 9.88 Å². The molecule has 0 aliphatic carbocycles. The molecule has 168 valence electrons. The number of aromatic nitrogens is 1. The lowest BCUT2D eigenvalue weighted by Gasteiger charge is -2.33. The molecule has 2 fully saturated rings. The monoisotopic (exact) mass is 462 g/mol. The summed E-state index contributed by atoms with van der Waals surface area (Å²) in [5, 5.41) is 2.99. The van der Waals surface area contributed by atoms with Crippen LogP contribution in [0, 0.1) is 19.8 Å². The number of hydrogen-bond acceptors (Lipinski definition) is 6. The minimum Gasteiger partial charge on any atom is -0.346 e. The second-order valence-electron chi connectivity index (χ2n) is 8.40. The van der Waals surface area contributed by atoms with Crippen molar-refractivity contribution in [3.8, 4) is 0 Å². The minimum absolute atomic E-state index is 0.0994. The van der Waals surface area contributed by atoms with E-state index < -0.39 is 10.0 Å². The van der Waals surface area contributed by atoms with Gasteiger partial charge >= 0.3 is 0 Å². The highest BCUT2D eigenvalue weighted by Gasteiger charge is 2.34. The number of benzene rings is 1. The molecule has 0 saturated carbocycles. The van der Waals surface area contributed by atoms with Crippen LogP contribution in [-0.2, 0) is 14.8 Å². The van der Waals surface area contributed by atoms with E-state index in [1.165, 1.54) is 4.31 Å². The third-order valence-corrected chi connectivity index (χ3v) is 9.14. The van der Waals surface area contributed by atoms with Gasteiger partial charge in [-0.15, -0.1) is 11.3 Å². The lowest BCUT2D eigenvalue weighted by atomic mass is 9.96. The topological polar surface area (TPSA) is 73.8 Å². The molecule has 1 aromatic heterocycles. The first-order chi connectivity index (χ1) is 14.9. The highest BCUT2D eigenvalue weighted by atomic mass is 32.2. The molecule has 2 aromatic rings.